The van der Waals surface area contributed by atoms with E-state index in [1.54, 1.807) is 25.4 Å². The van der Waals surface area contributed by atoms with E-state index < -0.39 is 24.7 Å². The summed E-state index contributed by atoms with van der Waals surface area (Å²) in [4.78, 5) is 30.3. The van der Waals surface area contributed by atoms with Gasteiger partial charge >= 0.3 is 6.18 Å². The molecule has 2 rings (SSSR count). The zero-order chi connectivity index (χ0) is 17.9. The maximum Gasteiger partial charge on any atom is 0.406 e. The lowest BCUT2D eigenvalue weighted by atomic mass is 10.2. The van der Waals surface area contributed by atoms with Gasteiger partial charge in [0.1, 0.15) is 12.4 Å². The second-order valence-electron chi connectivity index (χ2n) is 5.86. The van der Waals surface area contributed by atoms with E-state index in [-0.39, 0.29) is 25.4 Å². The third kappa shape index (κ3) is 4.92. The van der Waals surface area contributed by atoms with Crippen LogP contribution in [0.2, 0.25) is 0 Å². The van der Waals surface area contributed by atoms with Gasteiger partial charge in [0.2, 0.25) is 11.8 Å². The first-order valence-electron chi connectivity index (χ1n) is 7.44. The van der Waals surface area contributed by atoms with Gasteiger partial charge in [-0.3, -0.25) is 14.5 Å². The maximum atomic E-state index is 12.4. The molecule has 1 fully saturated rings. The van der Waals surface area contributed by atoms with Gasteiger partial charge in [-0.2, -0.15) is 13.2 Å². The number of amides is 2. The van der Waals surface area contributed by atoms with Crippen LogP contribution in [0.4, 0.5) is 19.0 Å². The number of halogens is 3. The molecule has 0 aromatic carbocycles. The van der Waals surface area contributed by atoms with E-state index in [4.69, 9.17) is 0 Å². The monoisotopic (exact) mass is 344 g/mol. The van der Waals surface area contributed by atoms with Crippen molar-refractivity contribution >= 4 is 17.6 Å². The molecule has 24 heavy (non-hydrogen) atoms. The Morgan fingerprint density at radius 3 is 2.75 bits per heavy atom. The van der Waals surface area contributed by atoms with Crippen LogP contribution >= 0.6 is 0 Å². The smallest absolute Gasteiger partial charge is 0.332 e. The van der Waals surface area contributed by atoms with Crippen molar-refractivity contribution in [2.45, 2.75) is 25.6 Å². The Morgan fingerprint density at radius 2 is 2.17 bits per heavy atom. The van der Waals surface area contributed by atoms with Gasteiger partial charge in [0.25, 0.3) is 0 Å². The van der Waals surface area contributed by atoms with Crippen LogP contribution in [-0.2, 0) is 9.59 Å². The molecule has 1 atom stereocenters. The predicted molar refractivity (Wildman–Crippen MR) is 81.3 cm³/mol. The molecule has 9 heteroatoms. The SMILES string of the molecule is Cc1ccc(NC(=O)CN(C)C2CCN(CC(F)(F)F)C2=O)nc1. The molecule has 1 aromatic heterocycles. The van der Waals surface area contributed by atoms with E-state index in [0.29, 0.717) is 5.82 Å². The lowest BCUT2D eigenvalue weighted by Gasteiger charge is -2.23. The summed E-state index contributed by atoms with van der Waals surface area (Å²) in [5.41, 5.74) is 0.950. The molecule has 0 aliphatic carbocycles. The average Bonchev–Trinajstić information content (AvgIpc) is 2.81. The molecule has 0 bridgehead atoms. The number of nitrogens with one attached hydrogen (secondary N) is 1. The molecule has 1 unspecified atom stereocenters. The summed E-state index contributed by atoms with van der Waals surface area (Å²) in [6, 6.07) is 2.73. The van der Waals surface area contributed by atoms with E-state index in [9.17, 15) is 22.8 Å². The summed E-state index contributed by atoms with van der Waals surface area (Å²) in [6.45, 7) is 0.542. The van der Waals surface area contributed by atoms with Gasteiger partial charge in [-0.25, -0.2) is 4.98 Å². The summed E-state index contributed by atoms with van der Waals surface area (Å²) < 4.78 is 37.2. The van der Waals surface area contributed by atoms with Gasteiger partial charge in [-0.15, -0.1) is 0 Å². The van der Waals surface area contributed by atoms with Gasteiger partial charge < -0.3 is 10.2 Å². The molecule has 2 heterocycles. The number of hydrogen-bond donors (Lipinski definition) is 1. The lowest BCUT2D eigenvalue weighted by Crippen LogP contribution is -2.44. The Morgan fingerprint density at radius 1 is 1.46 bits per heavy atom. The average molecular weight is 344 g/mol. The molecular formula is C15H19F3N4O2. The Balaban J connectivity index is 1.88. The standard InChI is InChI=1S/C15H19F3N4O2/c1-10-3-4-12(19-7-10)20-13(23)8-21(2)11-5-6-22(14(11)24)9-15(16,17)18/h3-4,7,11H,5-6,8-9H2,1-2H3,(H,19,20,23). The number of pyridine rings is 1. The third-order valence-electron chi connectivity index (χ3n) is 3.74. The number of aromatic nitrogens is 1. The molecule has 2 amide bonds. The summed E-state index contributed by atoms with van der Waals surface area (Å²) >= 11 is 0. The Labute approximate surface area is 137 Å². The normalized spacial score (nSPS) is 18.3. The van der Waals surface area contributed by atoms with Crippen LogP contribution in [0, 0.1) is 6.92 Å². The quantitative estimate of drug-likeness (QED) is 0.877. The fraction of sp³-hybridized carbons (Fsp3) is 0.533. The summed E-state index contributed by atoms with van der Waals surface area (Å²) in [5.74, 6) is -0.595. The Hall–Kier alpha value is -2.16. The van der Waals surface area contributed by atoms with Crippen LogP contribution in [-0.4, -0.2) is 65.5 Å². The summed E-state index contributed by atoms with van der Waals surface area (Å²) in [7, 11) is 1.54. The molecule has 1 aromatic rings. The van der Waals surface area contributed by atoms with Crippen LogP contribution < -0.4 is 5.32 Å². The molecule has 6 nitrogen and oxygen atoms in total. The molecule has 1 aliphatic rings. The topological polar surface area (TPSA) is 65.5 Å². The second-order valence-corrected chi connectivity index (χ2v) is 5.86. The zero-order valence-electron chi connectivity index (χ0n) is 13.4. The number of carbonyl (C=O) groups excluding carboxylic acids is 2. The fourth-order valence-electron chi connectivity index (χ4n) is 2.57. The lowest BCUT2D eigenvalue weighted by molar-refractivity contribution is -0.159. The molecule has 1 aliphatic heterocycles. The zero-order valence-corrected chi connectivity index (χ0v) is 13.4. The van der Waals surface area contributed by atoms with E-state index in [2.05, 4.69) is 10.3 Å². The second kappa shape index (κ2) is 7.16. The molecule has 1 saturated heterocycles. The van der Waals surface area contributed by atoms with Crippen molar-refractivity contribution in [1.29, 1.82) is 0 Å². The van der Waals surface area contributed by atoms with E-state index >= 15 is 0 Å². The van der Waals surface area contributed by atoms with Gasteiger partial charge in [-0.1, -0.05) is 6.07 Å². The van der Waals surface area contributed by atoms with Crippen molar-refractivity contribution in [3.63, 3.8) is 0 Å². The van der Waals surface area contributed by atoms with E-state index in [1.807, 2.05) is 6.92 Å². The number of likely N-dealkylation sites (tertiary alicyclic amines) is 1. The molecular weight excluding hydrogens is 325 g/mol. The van der Waals surface area contributed by atoms with Gasteiger partial charge in [0.05, 0.1) is 12.6 Å². The highest BCUT2D eigenvalue weighted by Crippen LogP contribution is 2.22. The minimum absolute atomic E-state index is 0.0362. The number of likely N-dealkylation sites (N-methyl/N-ethyl adjacent to an activating group) is 1. The summed E-state index contributed by atoms with van der Waals surface area (Å²) in [6.07, 6.45) is -2.55. The van der Waals surface area contributed by atoms with Crippen molar-refractivity contribution in [2.75, 3.05) is 32.0 Å². The first-order chi connectivity index (χ1) is 11.2. The minimum atomic E-state index is -4.42. The number of anilines is 1. The molecule has 1 N–H and O–H groups in total. The van der Waals surface area contributed by atoms with Crippen LogP contribution in [0.3, 0.4) is 0 Å². The largest absolute Gasteiger partial charge is 0.406 e. The predicted octanol–water partition coefficient (Wildman–Crippen LogP) is 1.42. The van der Waals surface area contributed by atoms with Gasteiger partial charge in [0.15, 0.2) is 0 Å². The number of rotatable bonds is 5. The number of carbonyl (C=O) groups is 2. The number of hydrogen-bond acceptors (Lipinski definition) is 4. The molecule has 132 valence electrons. The van der Waals surface area contributed by atoms with Crippen LogP contribution in [0.1, 0.15) is 12.0 Å². The Kier molecular flexibility index (Phi) is 5.43. The molecule has 0 saturated carbocycles. The van der Waals surface area contributed by atoms with Gasteiger partial charge in [0, 0.05) is 12.7 Å². The molecule has 0 radical (unpaired) electrons. The van der Waals surface area contributed by atoms with Crippen LogP contribution in [0.5, 0.6) is 0 Å². The fourth-order valence-corrected chi connectivity index (χ4v) is 2.57. The minimum Gasteiger partial charge on any atom is -0.332 e. The van der Waals surface area contributed by atoms with Crippen molar-refractivity contribution < 1.29 is 22.8 Å². The van der Waals surface area contributed by atoms with Crippen molar-refractivity contribution in [2.24, 2.45) is 0 Å². The maximum absolute atomic E-state index is 12.4. The number of nitrogens with zero attached hydrogens (tertiary/aromatic N) is 3. The van der Waals surface area contributed by atoms with Crippen LogP contribution in [0.15, 0.2) is 18.3 Å². The van der Waals surface area contributed by atoms with Gasteiger partial charge in [-0.05, 0) is 32.0 Å². The van der Waals surface area contributed by atoms with Crippen molar-refractivity contribution in [3.05, 3.63) is 23.9 Å². The molecule has 0 spiro atoms. The van der Waals surface area contributed by atoms with Crippen molar-refractivity contribution in [3.8, 4) is 0 Å². The van der Waals surface area contributed by atoms with E-state index in [1.165, 1.54) is 4.90 Å². The Bertz CT molecular complexity index is 604. The third-order valence-corrected chi connectivity index (χ3v) is 3.74. The van der Waals surface area contributed by atoms with Crippen LogP contribution in [0.25, 0.3) is 0 Å². The van der Waals surface area contributed by atoms with E-state index in [0.717, 1.165) is 10.5 Å². The number of aryl methyl sites for hydroxylation is 1. The number of alkyl halides is 3. The summed E-state index contributed by atoms with van der Waals surface area (Å²) in [5, 5.41) is 2.59. The highest BCUT2D eigenvalue weighted by molar-refractivity contribution is 5.92. The van der Waals surface area contributed by atoms with Crippen molar-refractivity contribution in [1.82, 2.24) is 14.8 Å². The highest BCUT2D eigenvalue weighted by atomic mass is 19.4. The first kappa shape index (κ1) is 18.2. The first-order valence-corrected chi connectivity index (χ1v) is 7.44. The highest BCUT2D eigenvalue weighted by Gasteiger charge is 2.40.